The van der Waals surface area contributed by atoms with Crippen molar-refractivity contribution in [2.75, 3.05) is 13.1 Å². The van der Waals surface area contributed by atoms with Gasteiger partial charge in [0, 0.05) is 12.1 Å². The van der Waals surface area contributed by atoms with Crippen LogP contribution in [0.1, 0.15) is 66.7 Å². The lowest BCUT2D eigenvalue weighted by Crippen LogP contribution is -2.50. The maximum absolute atomic E-state index is 2.69. The zero-order valence-electron chi connectivity index (χ0n) is 12.1. The van der Waals surface area contributed by atoms with Crippen molar-refractivity contribution in [3.63, 3.8) is 0 Å². The van der Waals surface area contributed by atoms with Crippen LogP contribution in [0.5, 0.6) is 0 Å². The Hall–Kier alpha value is -0.0400. The maximum Gasteiger partial charge on any atom is 0.0125 e. The molecule has 1 nitrogen and oxygen atoms in total. The fourth-order valence-corrected chi connectivity index (χ4v) is 3.21. The third-order valence-corrected chi connectivity index (χ3v) is 4.24. The summed E-state index contributed by atoms with van der Waals surface area (Å²) in [7, 11) is 0. The van der Waals surface area contributed by atoms with Gasteiger partial charge >= 0.3 is 0 Å². The molecule has 1 saturated heterocycles. The molecule has 0 aromatic rings. The highest BCUT2D eigenvalue weighted by Gasteiger charge is 2.34. The Kier molecular flexibility index (Phi) is 5.30. The topological polar surface area (TPSA) is 3.24 Å². The number of hydrogen-bond donors (Lipinski definition) is 0. The summed E-state index contributed by atoms with van der Waals surface area (Å²) in [4.78, 5) is 2.69. The SMILES string of the molecule is CC.CC(C)(C)N1CCC2CCCCC2C1. The van der Waals surface area contributed by atoms with Crippen LogP contribution in [-0.4, -0.2) is 23.5 Å². The molecule has 1 aliphatic heterocycles. The van der Waals surface area contributed by atoms with E-state index in [2.05, 4.69) is 25.7 Å². The van der Waals surface area contributed by atoms with E-state index in [-0.39, 0.29) is 0 Å². The summed E-state index contributed by atoms with van der Waals surface area (Å²) in [6, 6.07) is 0. The molecule has 2 fully saturated rings. The van der Waals surface area contributed by atoms with Gasteiger partial charge in [0.15, 0.2) is 0 Å². The molecule has 1 aliphatic carbocycles. The molecule has 1 heterocycles. The van der Waals surface area contributed by atoms with Crippen LogP contribution >= 0.6 is 0 Å². The first-order valence-corrected chi connectivity index (χ1v) is 7.32. The summed E-state index contributed by atoms with van der Waals surface area (Å²) in [5.41, 5.74) is 0.391. The van der Waals surface area contributed by atoms with Crippen molar-refractivity contribution in [2.45, 2.75) is 72.3 Å². The van der Waals surface area contributed by atoms with Crippen molar-refractivity contribution >= 4 is 0 Å². The summed E-state index contributed by atoms with van der Waals surface area (Å²) >= 11 is 0. The predicted molar refractivity (Wildman–Crippen MR) is 72.7 cm³/mol. The minimum atomic E-state index is 0.391. The number of rotatable bonds is 0. The molecule has 2 aliphatic rings. The molecule has 0 aromatic carbocycles. The molecule has 0 aromatic heterocycles. The Morgan fingerprint density at radius 2 is 1.44 bits per heavy atom. The lowest BCUT2D eigenvalue weighted by Gasteiger charge is -2.46. The summed E-state index contributed by atoms with van der Waals surface area (Å²) in [6.45, 7) is 13.8. The molecule has 0 bridgehead atoms. The van der Waals surface area contributed by atoms with Crippen molar-refractivity contribution in [2.24, 2.45) is 11.8 Å². The molecular weight excluding hydrogens is 194 g/mol. The standard InChI is InChI=1S/C13H25N.C2H6/c1-13(2,3)14-9-8-11-6-4-5-7-12(11)10-14;1-2/h11-12H,4-10H2,1-3H3;1-2H3. The van der Waals surface area contributed by atoms with Gasteiger partial charge in [0.25, 0.3) is 0 Å². The average Bonchev–Trinajstić information content (AvgIpc) is 2.30. The Bertz CT molecular complexity index is 192. The molecule has 0 N–H and O–H groups in total. The van der Waals surface area contributed by atoms with E-state index in [1.54, 1.807) is 0 Å². The van der Waals surface area contributed by atoms with Crippen molar-refractivity contribution in [1.29, 1.82) is 0 Å². The predicted octanol–water partition coefficient (Wildman–Crippen LogP) is 4.32. The Balaban J connectivity index is 0.000000606. The van der Waals surface area contributed by atoms with E-state index in [1.165, 1.54) is 45.2 Å². The number of hydrogen-bond acceptors (Lipinski definition) is 1. The van der Waals surface area contributed by atoms with Gasteiger partial charge in [0.05, 0.1) is 0 Å². The molecule has 2 unspecified atom stereocenters. The van der Waals surface area contributed by atoms with E-state index in [0.29, 0.717) is 5.54 Å². The van der Waals surface area contributed by atoms with Crippen LogP contribution in [0, 0.1) is 11.8 Å². The van der Waals surface area contributed by atoms with E-state index in [4.69, 9.17) is 0 Å². The second-order valence-corrected chi connectivity index (χ2v) is 6.21. The van der Waals surface area contributed by atoms with E-state index >= 15 is 0 Å². The summed E-state index contributed by atoms with van der Waals surface area (Å²) in [5, 5.41) is 0. The van der Waals surface area contributed by atoms with Crippen LogP contribution in [0.4, 0.5) is 0 Å². The van der Waals surface area contributed by atoms with Crippen LogP contribution in [0.2, 0.25) is 0 Å². The third-order valence-electron chi connectivity index (χ3n) is 4.24. The quantitative estimate of drug-likeness (QED) is 0.593. The molecule has 0 spiro atoms. The summed E-state index contributed by atoms with van der Waals surface area (Å²) in [6.07, 6.45) is 7.46. The van der Waals surface area contributed by atoms with Crippen LogP contribution in [0.15, 0.2) is 0 Å². The molecule has 1 heteroatoms. The van der Waals surface area contributed by atoms with Gasteiger partial charge in [0.2, 0.25) is 0 Å². The second kappa shape index (κ2) is 6.05. The Morgan fingerprint density at radius 1 is 0.875 bits per heavy atom. The van der Waals surface area contributed by atoms with Crippen molar-refractivity contribution in [1.82, 2.24) is 4.90 Å². The number of piperidine rings is 1. The Morgan fingerprint density at radius 3 is 2.00 bits per heavy atom. The highest BCUT2D eigenvalue weighted by Crippen LogP contribution is 2.37. The van der Waals surface area contributed by atoms with Crippen molar-refractivity contribution in [3.05, 3.63) is 0 Å². The first-order valence-electron chi connectivity index (χ1n) is 7.32. The zero-order chi connectivity index (χ0) is 12.2. The average molecular weight is 225 g/mol. The van der Waals surface area contributed by atoms with Gasteiger partial charge in [-0.2, -0.15) is 0 Å². The zero-order valence-corrected chi connectivity index (χ0v) is 12.1. The largest absolute Gasteiger partial charge is 0.298 e. The highest BCUT2D eigenvalue weighted by atomic mass is 15.2. The minimum absolute atomic E-state index is 0.391. The Labute approximate surface area is 103 Å². The lowest BCUT2D eigenvalue weighted by atomic mass is 9.74. The third kappa shape index (κ3) is 3.48. The second-order valence-electron chi connectivity index (χ2n) is 6.21. The first kappa shape index (κ1) is 14.0. The first-order chi connectivity index (χ1) is 7.57. The molecule has 0 amide bonds. The normalized spacial score (nSPS) is 31.3. The van der Waals surface area contributed by atoms with Crippen molar-refractivity contribution in [3.8, 4) is 0 Å². The minimum Gasteiger partial charge on any atom is -0.298 e. The molecule has 16 heavy (non-hydrogen) atoms. The van der Waals surface area contributed by atoms with Crippen molar-refractivity contribution < 1.29 is 0 Å². The number of nitrogens with zero attached hydrogens (tertiary/aromatic N) is 1. The smallest absolute Gasteiger partial charge is 0.0125 e. The molecule has 1 saturated carbocycles. The molecular formula is C15H31N. The van der Waals surface area contributed by atoms with Crippen LogP contribution in [0.3, 0.4) is 0 Å². The van der Waals surface area contributed by atoms with Crippen LogP contribution in [0.25, 0.3) is 0 Å². The molecule has 0 radical (unpaired) electrons. The van der Waals surface area contributed by atoms with E-state index in [1.807, 2.05) is 13.8 Å². The lowest BCUT2D eigenvalue weighted by molar-refractivity contribution is 0.0287. The van der Waals surface area contributed by atoms with Gasteiger partial charge in [0.1, 0.15) is 0 Å². The van der Waals surface area contributed by atoms with Crippen LogP contribution < -0.4 is 0 Å². The fourth-order valence-electron chi connectivity index (χ4n) is 3.21. The van der Waals surface area contributed by atoms with Gasteiger partial charge < -0.3 is 0 Å². The van der Waals surface area contributed by atoms with E-state index in [9.17, 15) is 0 Å². The van der Waals surface area contributed by atoms with Gasteiger partial charge in [-0.3, -0.25) is 4.90 Å². The van der Waals surface area contributed by atoms with E-state index in [0.717, 1.165) is 11.8 Å². The monoisotopic (exact) mass is 225 g/mol. The summed E-state index contributed by atoms with van der Waals surface area (Å²) in [5.74, 6) is 2.10. The van der Waals surface area contributed by atoms with Crippen LogP contribution in [-0.2, 0) is 0 Å². The van der Waals surface area contributed by atoms with E-state index < -0.39 is 0 Å². The maximum atomic E-state index is 2.69. The fraction of sp³-hybridized carbons (Fsp3) is 1.00. The summed E-state index contributed by atoms with van der Waals surface area (Å²) < 4.78 is 0. The molecule has 2 rings (SSSR count). The van der Waals surface area contributed by atoms with Gasteiger partial charge in [-0.1, -0.05) is 33.1 Å². The van der Waals surface area contributed by atoms with Gasteiger partial charge in [-0.05, 0) is 52.0 Å². The van der Waals surface area contributed by atoms with Gasteiger partial charge in [-0.15, -0.1) is 0 Å². The number of fused-ring (bicyclic) bond motifs is 1. The highest BCUT2D eigenvalue weighted by molar-refractivity contribution is 4.88. The number of likely N-dealkylation sites (tertiary alicyclic amines) is 1. The molecule has 96 valence electrons. The molecule has 2 atom stereocenters. The van der Waals surface area contributed by atoms with Gasteiger partial charge in [-0.25, -0.2) is 0 Å².